The summed E-state index contributed by atoms with van der Waals surface area (Å²) in [5.41, 5.74) is 1.71. The van der Waals surface area contributed by atoms with E-state index in [9.17, 15) is 13.2 Å². The van der Waals surface area contributed by atoms with Crippen LogP contribution in [0.25, 0.3) is 5.57 Å². The van der Waals surface area contributed by atoms with Crippen LogP contribution < -0.4 is 10.6 Å². The van der Waals surface area contributed by atoms with Gasteiger partial charge in [-0.1, -0.05) is 24.3 Å². The Morgan fingerprint density at radius 3 is 2.79 bits per heavy atom. The van der Waals surface area contributed by atoms with Crippen molar-refractivity contribution in [2.45, 2.75) is 4.90 Å². The number of hydrogen-bond acceptors (Lipinski definition) is 6. The van der Waals surface area contributed by atoms with Crippen molar-refractivity contribution in [3.63, 3.8) is 0 Å². The lowest BCUT2D eigenvalue weighted by molar-refractivity contribution is -0.113. The normalized spacial score (nSPS) is 13.9. The number of nitrogens with zero attached hydrogens (tertiary/aromatic N) is 1. The number of nitrogens with one attached hydrogen (secondary N) is 2. The molecule has 24 heavy (non-hydrogen) atoms. The average molecular weight is 361 g/mol. The molecule has 124 valence electrons. The third-order valence-electron chi connectivity index (χ3n) is 3.29. The lowest BCUT2D eigenvalue weighted by atomic mass is 10.1. The molecule has 0 radical (unpaired) electrons. The highest BCUT2D eigenvalue weighted by atomic mass is 32.2. The third-order valence-corrected chi connectivity index (χ3v) is 5.68. The molecule has 0 aliphatic carbocycles. The van der Waals surface area contributed by atoms with Crippen LogP contribution >= 0.6 is 11.3 Å². The van der Waals surface area contributed by atoms with Crippen LogP contribution in [0.5, 0.6) is 0 Å². The fourth-order valence-electron chi connectivity index (χ4n) is 2.15. The van der Waals surface area contributed by atoms with E-state index in [2.05, 4.69) is 15.6 Å². The fourth-order valence-corrected chi connectivity index (χ4v) is 4.04. The predicted molar refractivity (Wildman–Crippen MR) is 94.4 cm³/mol. The van der Waals surface area contributed by atoms with E-state index in [0.717, 1.165) is 17.8 Å². The Bertz CT molecular complexity index is 900. The van der Waals surface area contributed by atoms with Crippen molar-refractivity contribution >= 4 is 37.8 Å². The van der Waals surface area contributed by atoms with Crippen molar-refractivity contribution < 1.29 is 13.2 Å². The Morgan fingerprint density at radius 2 is 2.08 bits per heavy atom. The number of anilines is 1. The van der Waals surface area contributed by atoms with Gasteiger partial charge in [0.15, 0.2) is 15.0 Å². The first-order valence-corrected chi connectivity index (χ1v) is 9.71. The fraction of sp³-hybridized carbons (Fsp3) is 0.125. The van der Waals surface area contributed by atoms with Crippen molar-refractivity contribution in [1.29, 1.82) is 0 Å². The highest BCUT2D eigenvalue weighted by molar-refractivity contribution is 7.92. The third kappa shape index (κ3) is 3.90. The van der Waals surface area contributed by atoms with Gasteiger partial charge in [-0.25, -0.2) is 13.4 Å². The Balaban J connectivity index is 1.66. The number of rotatable bonds is 5. The minimum Gasteiger partial charge on any atom is -0.387 e. The molecule has 2 N–H and O–H groups in total. The number of hydrogen-bond donors (Lipinski definition) is 2. The zero-order valence-corrected chi connectivity index (χ0v) is 14.2. The van der Waals surface area contributed by atoms with Gasteiger partial charge in [0.2, 0.25) is 5.91 Å². The van der Waals surface area contributed by atoms with Crippen LogP contribution in [0.15, 0.2) is 59.0 Å². The van der Waals surface area contributed by atoms with Crippen LogP contribution in [-0.4, -0.2) is 31.6 Å². The van der Waals surface area contributed by atoms with Gasteiger partial charge in [-0.05, 0) is 24.4 Å². The van der Waals surface area contributed by atoms with Crippen molar-refractivity contribution in [2.75, 3.05) is 17.6 Å². The molecule has 0 saturated heterocycles. The summed E-state index contributed by atoms with van der Waals surface area (Å²) in [6.07, 6.45) is 5.71. The number of carbonyl (C=O) groups excluding carboxylic acids is 1. The van der Waals surface area contributed by atoms with Gasteiger partial charge in [0.05, 0.1) is 10.6 Å². The Labute approximate surface area is 143 Å². The van der Waals surface area contributed by atoms with Gasteiger partial charge in [-0.2, -0.15) is 0 Å². The van der Waals surface area contributed by atoms with Crippen LogP contribution in [0.2, 0.25) is 0 Å². The number of sulfone groups is 1. The molecule has 6 nitrogen and oxygen atoms in total. The molecular weight excluding hydrogens is 346 g/mol. The first kappa shape index (κ1) is 16.4. The highest BCUT2D eigenvalue weighted by Crippen LogP contribution is 2.23. The molecule has 0 saturated carbocycles. The van der Waals surface area contributed by atoms with Gasteiger partial charge in [-0.15, -0.1) is 11.3 Å². The van der Waals surface area contributed by atoms with Gasteiger partial charge in [0.1, 0.15) is 5.75 Å². The number of allylic oxidation sites excluding steroid dienone is 2. The van der Waals surface area contributed by atoms with E-state index in [1.54, 1.807) is 18.2 Å². The van der Waals surface area contributed by atoms with E-state index in [1.807, 2.05) is 23.7 Å². The Hall–Kier alpha value is -2.45. The first-order chi connectivity index (χ1) is 11.5. The van der Waals surface area contributed by atoms with Crippen molar-refractivity contribution in [2.24, 2.45) is 0 Å². The second-order valence-corrected chi connectivity index (χ2v) is 7.91. The lowest BCUT2D eigenvalue weighted by Gasteiger charge is -2.05. The topological polar surface area (TPSA) is 88.2 Å². The van der Waals surface area contributed by atoms with E-state index < -0.39 is 21.5 Å². The standard InChI is InChI=1S/C16H15N3O3S2/c20-15(11-24(21,22)13-4-2-1-3-5-13)19-16-18-14(10-23-16)12-6-8-17-9-7-12/h1-8,10,17H,9,11H2,(H,18,19,20). The molecule has 0 spiro atoms. The SMILES string of the molecule is O=C(CS(=O)(=O)c1ccccc1)Nc1nc(C2=CCNC=C2)cs1. The van der Waals surface area contributed by atoms with Gasteiger partial charge in [-0.3, -0.25) is 4.79 Å². The van der Waals surface area contributed by atoms with E-state index in [1.165, 1.54) is 23.5 Å². The second kappa shape index (κ2) is 6.98. The predicted octanol–water partition coefficient (Wildman–Crippen LogP) is 2.06. The summed E-state index contributed by atoms with van der Waals surface area (Å²) in [4.78, 5) is 16.5. The van der Waals surface area contributed by atoms with Gasteiger partial charge in [0, 0.05) is 17.5 Å². The maximum atomic E-state index is 12.2. The monoisotopic (exact) mass is 361 g/mol. The number of benzene rings is 1. The van der Waals surface area contributed by atoms with Crippen LogP contribution in [-0.2, 0) is 14.6 Å². The Kier molecular flexibility index (Phi) is 4.77. The molecule has 8 heteroatoms. The van der Waals surface area contributed by atoms with Gasteiger partial charge in [0.25, 0.3) is 0 Å². The molecule has 2 heterocycles. The molecule has 0 atom stereocenters. The first-order valence-electron chi connectivity index (χ1n) is 7.18. The molecule has 1 amide bonds. The van der Waals surface area contributed by atoms with Crippen LogP contribution in [0, 0.1) is 0 Å². The lowest BCUT2D eigenvalue weighted by Crippen LogP contribution is -2.23. The smallest absolute Gasteiger partial charge is 0.241 e. The summed E-state index contributed by atoms with van der Waals surface area (Å²) in [6.45, 7) is 0.723. The molecule has 1 aromatic carbocycles. The minimum absolute atomic E-state index is 0.130. The molecule has 0 fully saturated rings. The number of carbonyl (C=O) groups is 1. The van der Waals surface area contributed by atoms with Crippen LogP contribution in [0.4, 0.5) is 5.13 Å². The maximum absolute atomic E-state index is 12.2. The zero-order chi connectivity index (χ0) is 17.0. The minimum atomic E-state index is -3.66. The summed E-state index contributed by atoms with van der Waals surface area (Å²) in [5.74, 6) is -1.21. The number of dihydropyridines is 1. The van der Waals surface area contributed by atoms with Crippen LogP contribution in [0.1, 0.15) is 5.69 Å². The number of aromatic nitrogens is 1. The largest absolute Gasteiger partial charge is 0.387 e. The van der Waals surface area contributed by atoms with E-state index in [4.69, 9.17) is 0 Å². The van der Waals surface area contributed by atoms with Crippen molar-refractivity contribution in [1.82, 2.24) is 10.3 Å². The highest BCUT2D eigenvalue weighted by Gasteiger charge is 2.20. The zero-order valence-electron chi connectivity index (χ0n) is 12.6. The quantitative estimate of drug-likeness (QED) is 0.851. The van der Waals surface area contributed by atoms with E-state index in [0.29, 0.717) is 5.13 Å². The summed E-state index contributed by atoms with van der Waals surface area (Å²) in [7, 11) is -3.66. The molecule has 0 bridgehead atoms. The molecule has 0 unspecified atom stereocenters. The second-order valence-electron chi connectivity index (χ2n) is 5.06. The number of thiazole rings is 1. The number of amides is 1. The van der Waals surface area contributed by atoms with E-state index >= 15 is 0 Å². The molecule has 1 aliphatic heterocycles. The summed E-state index contributed by atoms with van der Waals surface area (Å²) in [6, 6.07) is 7.91. The maximum Gasteiger partial charge on any atom is 0.241 e. The van der Waals surface area contributed by atoms with Gasteiger partial charge >= 0.3 is 0 Å². The molecule has 1 aliphatic rings. The molecule has 2 aromatic rings. The summed E-state index contributed by atoms with van der Waals surface area (Å²) in [5, 5.41) is 7.80. The molecular formula is C16H15N3O3S2. The summed E-state index contributed by atoms with van der Waals surface area (Å²) >= 11 is 1.26. The summed E-state index contributed by atoms with van der Waals surface area (Å²) < 4.78 is 24.4. The average Bonchev–Trinajstić information content (AvgIpc) is 3.04. The van der Waals surface area contributed by atoms with Crippen LogP contribution in [0.3, 0.4) is 0 Å². The molecule has 1 aromatic heterocycles. The molecule has 3 rings (SSSR count). The van der Waals surface area contributed by atoms with Crippen molar-refractivity contribution in [3.05, 3.63) is 59.8 Å². The Morgan fingerprint density at radius 1 is 1.29 bits per heavy atom. The van der Waals surface area contributed by atoms with Gasteiger partial charge < -0.3 is 10.6 Å². The van der Waals surface area contributed by atoms with E-state index in [-0.39, 0.29) is 4.90 Å². The van der Waals surface area contributed by atoms with Crippen molar-refractivity contribution in [3.8, 4) is 0 Å².